The van der Waals surface area contributed by atoms with Crippen molar-refractivity contribution in [3.8, 4) is 22.9 Å². The minimum atomic E-state index is -4.40. The van der Waals surface area contributed by atoms with Crippen molar-refractivity contribution >= 4 is 11.6 Å². The number of carbonyl (C=O) groups excluding carboxylic acids is 1. The Morgan fingerprint density at radius 1 is 1.23 bits per heavy atom. The molecule has 0 saturated carbocycles. The predicted octanol–water partition coefficient (Wildman–Crippen LogP) is 3.47. The van der Waals surface area contributed by atoms with Crippen LogP contribution in [-0.4, -0.2) is 45.5 Å². The van der Waals surface area contributed by atoms with Crippen LogP contribution < -0.4 is 14.4 Å². The second-order valence-corrected chi connectivity index (χ2v) is 6.76. The van der Waals surface area contributed by atoms with E-state index in [-0.39, 0.29) is 18.1 Å². The van der Waals surface area contributed by atoms with Crippen molar-refractivity contribution in [2.45, 2.75) is 26.2 Å². The number of pyridine rings is 2. The van der Waals surface area contributed by atoms with Crippen molar-refractivity contribution in [2.75, 3.05) is 18.6 Å². The molecule has 0 unspecified atom stereocenters. The highest BCUT2D eigenvalue weighted by atomic mass is 19.4. The van der Waals surface area contributed by atoms with Gasteiger partial charge in [-0.3, -0.25) is 19.4 Å². The van der Waals surface area contributed by atoms with Gasteiger partial charge in [0.2, 0.25) is 0 Å². The van der Waals surface area contributed by atoms with Gasteiger partial charge in [0, 0.05) is 18.0 Å². The van der Waals surface area contributed by atoms with E-state index in [1.807, 2.05) is 6.92 Å². The lowest BCUT2D eigenvalue weighted by atomic mass is 10.1. The van der Waals surface area contributed by atoms with Crippen LogP contribution >= 0.6 is 0 Å². The van der Waals surface area contributed by atoms with E-state index in [2.05, 4.69) is 15.1 Å². The van der Waals surface area contributed by atoms with Crippen molar-refractivity contribution in [1.82, 2.24) is 19.7 Å². The average Bonchev–Trinajstić information content (AvgIpc) is 3.31. The summed E-state index contributed by atoms with van der Waals surface area (Å²) in [7, 11) is 1.51. The smallest absolute Gasteiger partial charge is 0.408 e. The zero-order valence-corrected chi connectivity index (χ0v) is 16.7. The molecule has 31 heavy (non-hydrogen) atoms. The first-order valence-corrected chi connectivity index (χ1v) is 9.37. The molecule has 11 heteroatoms. The fourth-order valence-electron chi connectivity index (χ4n) is 3.28. The number of ether oxygens (including phenoxy) is 2. The molecule has 0 fully saturated rings. The molecule has 0 bridgehead atoms. The summed E-state index contributed by atoms with van der Waals surface area (Å²) in [5, 5.41) is 3.70. The SMILES string of the molecule is CCOc1ncc(-c2ccc3c(n2)CN(c2cnn(CC(F)(F)F)c2)C3=O)cc1OC. The Morgan fingerprint density at radius 3 is 2.74 bits per heavy atom. The van der Waals surface area contributed by atoms with Crippen LogP contribution in [0.5, 0.6) is 11.6 Å². The van der Waals surface area contributed by atoms with Gasteiger partial charge in [-0.05, 0) is 25.1 Å². The Kier molecular flexibility index (Phi) is 5.25. The summed E-state index contributed by atoms with van der Waals surface area (Å²) in [6.45, 7) is 1.18. The molecule has 0 aliphatic carbocycles. The van der Waals surface area contributed by atoms with E-state index >= 15 is 0 Å². The van der Waals surface area contributed by atoms with Gasteiger partial charge in [-0.1, -0.05) is 0 Å². The summed E-state index contributed by atoms with van der Waals surface area (Å²) in [5.41, 5.74) is 2.43. The Bertz CT molecular complexity index is 1130. The number of hydrogen-bond acceptors (Lipinski definition) is 6. The van der Waals surface area contributed by atoms with E-state index in [1.54, 1.807) is 24.4 Å². The second-order valence-electron chi connectivity index (χ2n) is 6.76. The van der Waals surface area contributed by atoms with Crippen LogP contribution in [0.3, 0.4) is 0 Å². The standard InChI is InChI=1S/C20H18F3N5O3/c1-3-31-18-17(30-2)6-12(7-24-18)15-5-4-14-16(26-15)10-28(19(14)29)13-8-25-27(9-13)11-20(21,22)23/h4-9H,3,10-11H2,1-2H3. The van der Waals surface area contributed by atoms with Crippen molar-refractivity contribution in [1.29, 1.82) is 0 Å². The number of hydrogen-bond donors (Lipinski definition) is 0. The molecule has 1 aliphatic rings. The van der Waals surface area contributed by atoms with Gasteiger partial charge >= 0.3 is 6.18 Å². The van der Waals surface area contributed by atoms with E-state index < -0.39 is 12.7 Å². The minimum Gasteiger partial charge on any atom is -0.491 e. The van der Waals surface area contributed by atoms with Crippen LogP contribution in [0.2, 0.25) is 0 Å². The molecule has 0 atom stereocenters. The van der Waals surface area contributed by atoms with Crippen LogP contribution in [0.25, 0.3) is 11.3 Å². The molecule has 3 aromatic rings. The van der Waals surface area contributed by atoms with Gasteiger partial charge in [-0.25, -0.2) is 4.98 Å². The summed E-state index contributed by atoms with van der Waals surface area (Å²) >= 11 is 0. The van der Waals surface area contributed by atoms with Gasteiger partial charge in [0.1, 0.15) is 6.54 Å². The van der Waals surface area contributed by atoms with E-state index in [0.29, 0.717) is 40.8 Å². The fourth-order valence-corrected chi connectivity index (χ4v) is 3.28. The molecular formula is C20H18F3N5O3. The van der Waals surface area contributed by atoms with Gasteiger partial charge in [-0.15, -0.1) is 0 Å². The molecule has 0 saturated heterocycles. The number of alkyl halides is 3. The third-order valence-electron chi connectivity index (χ3n) is 4.65. The summed E-state index contributed by atoms with van der Waals surface area (Å²) in [4.78, 5) is 22.9. The van der Waals surface area contributed by atoms with Gasteiger partial charge < -0.3 is 9.47 Å². The van der Waals surface area contributed by atoms with E-state index in [0.717, 1.165) is 4.68 Å². The van der Waals surface area contributed by atoms with Crippen molar-refractivity contribution in [3.05, 3.63) is 48.0 Å². The Hall–Kier alpha value is -3.63. The monoisotopic (exact) mass is 433 g/mol. The Labute approximate surface area is 175 Å². The van der Waals surface area contributed by atoms with Crippen molar-refractivity contribution < 1.29 is 27.4 Å². The molecule has 1 amide bonds. The maximum Gasteiger partial charge on any atom is 0.408 e. The van der Waals surface area contributed by atoms with E-state index in [4.69, 9.17) is 9.47 Å². The third kappa shape index (κ3) is 4.16. The van der Waals surface area contributed by atoms with E-state index in [1.165, 1.54) is 24.4 Å². The van der Waals surface area contributed by atoms with Crippen LogP contribution in [0.1, 0.15) is 23.0 Å². The first kappa shape index (κ1) is 20.6. The number of fused-ring (bicyclic) bond motifs is 1. The largest absolute Gasteiger partial charge is 0.491 e. The maximum atomic E-state index is 12.7. The maximum absolute atomic E-state index is 12.7. The zero-order valence-electron chi connectivity index (χ0n) is 16.7. The van der Waals surface area contributed by atoms with Crippen LogP contribution in [0, 0.1) is 0 Å². The third-order valence-corrected chi connectivity index (χ3v) is 4.65. The first-order valence-electron chi connectivity index (χ1n) is 9.37. The van der Waals surface area contributed by atoms with Gasteiger partial charge in [-0.2, -0.15) is 18.3 Å². The topological polar surface area (TPSA) is 82.4 Å². The highest BCUT2D eigenvalue weighted by molar-refractivity contribution is 6.09. The number of aromatic nitrogens is 4. The first-order chi connectivity index (χ1) is 14.8. The number of halogens is 3. The van der Waals surface area contributed by atoms with Crippen LogP contribution in [0.4, 0.5) is 18.9 Å². The fraction of sp³-hybridized carbons (Fsp3) is 0.300. The Morgan fingerprint density at radius 2 is 2.03 bits per heavy atom. The number of anilines is 1. The molecular weight excluding hydrogens is 415 g/mol. The quantitative estimate of drug-likeness (QED) is 0.592. The van der Waals surface area contributed by atoms with E-state index in [9.17, 15) is 18.0 Å². The normalized spacial score (nSPS) is 13.5. The van der Waals surface area contributed by atoms with Gasteiger partial charge in [0.15, 0.2) is 5.75 Å². The highest BCUT2D eigenvalue weighted by Crippen LogP contribution is 2.32. The summed E-state index contributed by atoms with van der Waals surface area (Å²) < 4.78 is 49.2. The molecule has 4 rings (SSSR count). The predicted molar refractivity (Wildman–Crippen MR) is 104 cm³/mol. The minimum absolute atomic E-state index is 0.126. The van der Waals surface area contributed by atoms with Gasteiger partial charge in [0.05, 0.1) is 49.1 Å². The van der Waals surface area contributed by atoms with Crippen molar-refractivity contribution in [3.63, 3.8) is 0 Å². The average molecular weight is 433 g/mol. The Balaban J connectivity index is 1.59. The zero-order chi connectivity index (χ0) is 22.2. The summed E-state index contributed by atoms with van der Waals surface area (Å²) in [6.07, 6.45) is -0.375. The number of nitrogens with zero attached hydrogens (tertiary/aromatic N) is 5. The van der Waals surface area contributed by atoms with Crippen LogP contribution in [-0.2, 0) is 13.1 Å². The molecule has 8 nitrogen and oxygen atoms in total. The number of amides is 1. The summed E-state index contributed by atoms with van der Waals surface area (Å²) in [6, 6.07) is 5.07. The lowest BCUT2D eigenvalue weighted by molar-refractivity contribution is -0.142. The number of methoxy groups -OCH3 is 1. The molecule has 3 aromatic heterocycles. The summed E-state index contributed by atoms with van der Waals surface area (Å²) in [5.74, 6) is 0.478. The molecule has 0 aromatic carbocycles. The van der Waals surface area contributed by atoms with Gasteiger partial charge in [0.25, 0.3) is 11.8 Å². The van der Waals surface area contributed by atoms with Crippen LogP contribution in [0.15, 0.2) is 36.8 Å². The molecule has 0 spiro atoms. The molecule has 4 heterocycles. The van der Waals surface area contributed by atoms with Crippen molar-refractivity contribution in [2.24, 2.45) is 0 Å². The second kappa shape index (κ2) is 7.89. The number of rotatable bonds is 6. The molecule has 0 N–H and O–H groups in total. The lowest BCUT2D eigenvalue weighted by Crippen LogP contribution is -2.22. The highest BCUT2D eigenvalue weighted by Gasteiger charge is 2.32. The molecule has 1 aliphatic heterocycles. The molecule has 0 radical (unpaired) electrons. The molecule has 162 valence electrons. The number of carbonyl (C=O) groups is 1. The lowest BCUT2D eigenvalue weighted by Gasteiger charge is -2.12.